The van der Waals surface area contributed by atoms with Gasteiger partial charge in [-0.15, -0.1) is 0 Å². The number of hydrogen-bond acceptors (Lipinski definition) is 4. The quantitative estimate of drug-likeness (QED) is 0.796. The van der Waals surface area contributed by atoms with Gasteiger partial charge < -0.3 is 19.5 Å². The number of carbonyl (C=O) groups excluding carboxylic acids is 1. The molecule has 0 spiro atoms. The van der Waals surface area contributed by atoms with E-state index in [9.17, 15) is 4.79 Å². The highest BCUT2D eigenvalue weighted by Gasteiger charge is 2.14. The van der Waals surface area contributed by atoms with Gasteiger partial charge in [0.25, 0.3) is 5.91 Å². The molecule has 2 aromatic carbocycles. The molecule has 0 heterocycles. The van der Waals surface area contributed by atoms with Gasteiger partial charge in [0, 0.05) is 6.54 Å². The maximum Gasteiger partial charge on any atom is 0.261 e. The highest BCUT2D eigenvalue weighted by atomic mass is 16.5. The molecule has 0 aliphatic heterocycles. The summed E-state index contributed by atoms with van der Waals surface area (Å²) in [4.78, 5) is 12.2. The van der Waals surface area contributed by atoms with E-state index in [4.69, 9.17) is 14.2 Å². The highest BCUT2D eigenvalue weighted by Crippen LogP contribution is 2.18. The summed E-state index contributed by atoms with van der Waals surface area (Å²) in [6.45, 7) is 6.13. The average Bonchev–Trinajstić information content (AvgIpc) is 2.61. The summed E-state index contributed by atoms with van der Waals surface area (Å²) in [5.41, 5.74) is 1.00. The summed E-state index contributed by atoms with van der Waals surface area (Å²) in [6, 6.07) is 14.8. The van der Waals surface area contributed by atoms with Gasteiger partial charge in [0.15, 0.2) is 6.10 Å². The van der Waals surface area contributed by atoms with Gasteiger partial charge in [0.05, 0.1) is 13.2 Å². The molecule has 0 aliphatic carbocycles. The molecule has 2 aromatic rings. The maximum atomic E-state index is 12.2. The van der Waals surface area contributed by atoms with Gasteiger partial charge in [-0.05, 0) is 62.7 Å². The van der Waals surface area contributed by atoms with Crippen LogP contribution < -0.4 is 19.5 Å². The summed E-state index contributed by atoms with van der Waals surface area (Å²) in [7, 11) is 1.60. The van der Waals surface area contributed by atoms with Crippen LogP contribution in [0.5, 0.6) is 17.2 Å². The molecule has 5 heteroatoms. The Kier molecular flexibility index (Phi) is 6.69. The first kappa shape index (κ1) is 18.6. The minimum Gasteiger partial charge on any atom is -0.497 e. The van der Waals surface area contributed by atoms with Crippen molar-refractivity contribution in [3.05, 3.63) is 54.1 Å². The van der Waals surface area contributed by atoms with Gasteiger partial charge in [0.1, 0.15) is 17.2 Å². The molecule has 1 N–H and O–H groups in total. The second-order valence-corrected chi connectivity index (χ2v) is 5.96. The molecule has 0 aliphatic rings. The number of hydrogen-bond donors (Lipinski definition) is 1. The number of nitrogens with one attached hydrogen (secondary N) is 1. The maximum absolute atomic E-state index is 12.2. The van der Waals surface area contributed by atoms with Crippen LogP contribution in [0.4, 0.5) is 0 Å². The fraction of sp³-hybridized carbons (Fsp3) is 0.350. The number of methoxy groups -OCH3 is 1. The van der Waals surface area contributed by atoms with Crippen LogP contribution in [0, 0.1) is 0 Å². The normalized spacial score (nSPS) is 11.7. The molecule has 0 saturated heterocycles. The fourth-order valence-electron chi connectivity index (χ4n) is 2.20. The monoisotopic (exact) mass is 343 g/mol. The molecule has 25 heavy (non-hydrogen) atoms. The Balaban J connectivity index is 1.82. The smallest absolute Gasteiger partial charge is 0.261 e. The van der Waals surface area contributed by atoms with Crippen molar-refractivity contribution in [2.45, 2.75) is 39.5 Å². The van der Waals surface area contributed by atoms with Crippen molar-refractivity contribution in [3.63, 3.8) is 0 Å². The Bertz CT molecular complexity index is 665. The van der Waals surface area contributed by atoms with Gasteiger partial charge in [-0.3, -0.25) is 4.79 Å². The third kappa shape index (κ3) is 6.03. The first-order chi connectivity index (χ1) is 12.0. The van der Waals surface area contributed by atoms with Crippen molar-refractivity contribution in [1.29, 1.82) is 0 Å². The summed E-state index contributed by atoms with van der Waals surface area (Å²) >= 11 is 0. The zero-order valence-electron chi connectivity index (χ0n) is 15.1. The molecular weight excluding hydrogens is 318 g/mol. The van der Waals surface area contributed by atoms with Gasteiger partial charge >= 0.3 is 0 Å². The number of ether oxygens (including phenoxy) is 3. The summed E-state index contributed by atoms with van der Waals surface area (Å²) in [6.07, 6.45) is -0.446. The van der Waals surface area contributed by atoms with Crippen LogP contribution in [0.2, 0.25) is 0 Å². The molecule has 134 valence electrons. The fourth-order valence-corrected chi connectivity index (χ4v) is 2.20. The largest absolute Gasteiger partial charge is 0.497 e. The summed E-state index contributed by atoms with van der Waals surface area (Å²) in [5, 5.41) is 2.87. The van der Waals surface area contributed by atoms with Crippen LogP contribution in [0.15, 0.2) is 48.5 Å². The van der Waals surface area contributed by atoms with Crippen LogP contribution in [0.1, 0.15) is 26.3 Å². The van der Waals surface area contributed by atoms with Gasteiger partial charge in [-0.2, -0.15) is 0 Å². The molecule has 0 aromatic heterocycles. The first-order valence-electron chi connectivity index (χ1n) is 8.32. The molecular formula is C20H25NO4. The minimum atomic E-state index is -0.586. The second kappa shape index (κ2) is 8.97. The molecule has 1 amide bonds. The van der Waals surface area contributed by atoms with Crippen LogP contribution in [-0.4, -0.2) is 25.2 Å². The molecule has 2 rings (SSSR count). The molecule has 0 saturated carbocycles. The zero-order valence-corrected chi connectivity index (χ0v) is 15.1. The Hall–Kier alpha value is -2.69. The van der Waals surface area contributed by atoms with Gasteiger partial charge in [-0.1, -0.05) is 12.1 Å². The van der Waals surface area contributed by atoms with E-state index in [2.05, 4.69) is 5.32 Å². The standard InChI is InChI=1S/C20H25NO4/c1-14(2)24-18-7-5-16(6-8-18)13-21-20(22)15(3)25-19-11-9-17(23-4)10-12-19/h5-12,14-15H,13H2,1-4H3,(H,21,22)/t15-/m1/s1. The third-order valence-corrected chi connectivity index (χ3v) is 3.50. The van der Waals surface area contributed by atoms with Crippen molar-refractivity contribution < 1.29 is 19.0 Å². The average molecular weight is 343 g/mol. The van der Waals surface area contributed by atoms with E-state index in [1.165, 1.54) is 0 Å². The summed E-state index contributed by atoms with van der Waals surface area (Å²) in [5.74, 6) is 2.02. The topological polar surface area (TPSA) is 56.8 Å². The lowest BCUT2D eigenvalue weighted by Crippen LogP contribution is -2.35. The molecule has 1 atom stereocenters. The molecule has 0 radical (unpaired) electrons. The van der Waals surface area contributed by atoms with E-state index in [0.29, 0.717) is 12.3 Å². The molecule has 0 fully saturated rings. The molecule has 0 bridgehead atoms. The first-order valence-corrected chi connectivity index (χ1v) is 8.32. The number of carbonyl (C=O) groups is 1. The number of benzene rings is 2. The van der Waals surface area contributed by atoms with Crippen molar-refractivity contribution in [2.24, 2.45) is 0 Å². The highest BCUT2D eigenvalue weighted by molar-refractivity contribution is 5.80. The van der Waals surface area contributed by atoms with E-state index >= 15 is 0 Å². The van der Waals surface area contributed by atoms with E-state index in [1.54, 1.807) is 38.3 Å². The number of amides is 1. The van der Waals surface area contributed by atoms with Crippen LogP contribution in [0.25, 0.3) is 0 Å². The Labute approximate surface area is 148 Å². The minimum absolute atomic E-state index is 0.140. The van der Waals surface area contributed by atoms with Crippen LogP contribution >= 0.6 is 0 Å². The summed E-state index contributed by atoms with van der Waals surface area (Å²) < 4.78 is 16.3. The van der Waals surface area contributed by atoms with E-state index < -0.39 is 6.10 Å². The lowest BCUT2D eigenvalue weighted by atomic mass is 10.2. The van der Waals surface area contributed by atoms with Crippen molar-refractivity contribution in [3.8, 4) is 17.2 Å². The van der Waals surface area contributed by atoms with Crippen molar-refractivity contribution >= 4 is 5.91 Å². The molecule has 0 unspecified atom stereocenters. The predicted octanol–water partition coefficient (Wildman–Crippen LogP) is 3.57. The lowest BCUT2D eigenvalue weighted by molar-refractivity contribution is -0.127. The van der Waals surface area contributed by atoms with E-state index in [-0.39, 0.29) is 12.0 Å². The molecule has 5 nitrogen and oxygen atoms in total. The lowest BCUT2D eigenvalue weighted by Gasteiger charge is -2.15. The third-order valence-electron chi connectivity index (χ3n) is 3.50. The van der Waals surface area contributed by atoms with Gasteiger partial charge in [-0.25, -0.2) is 0 Å². The Morgan fingerprint density at radius 1 is 0.880 bits per heavy atom. The second-order valence-electron chi connectivity index (χ2n) is 5.96. The van der Waals surface area contributed by atoms with E-state index in [1.807, 2.05) is 38.1 Å². The van der Waals surface area contributed by atoms with Crippen molar-refractivity contribution in [1.82, 2.24) is 5.32 Å². The van der Waals surface area contributed by atoms with E-state index in [0.717, 1.165) is 17.1 Å². The predicted molar refractivity (Wildman–Crippen MR) is 97.1 cm³/mol. The Morgan fingerprint density at radius 3 is 1.96 bits per heavy atom. The number of rotatable bonds is 8. The zero-order chi connectivity index (χ0) is 18.2. The SMILES string of the molecule is COc1ccc(O[C@H](C)C(=O)NCc2ccc(OC(C)C)cc2)cc1. The van der Waals surface area contributed by atoms with Crippen molar-refractivity contribution in [2.75, 3.05) is 7.11 Å². The van der Waals surface area contributed by atoms with Crippen LogP contribution in [0.3, 0.4) is 0 Å². The Morgan fingerprint density at radius 2 is 1.40 bits per heavy atom. The van der Waals surface area contributed by atoms with Crippen LogP contribution in [-0.2, 0) is 11.3 Å². The van der Waals surface area contributed by atoms with Gasteiger partial charge in [0.2, 0.25) is 0 Å².